The third-order valence-electron chi connectivity index (χ3n) is 4.90. The van der Waals surface area contributed by atoms with Crippen molar-refractivity contribution in [1.29, 1.82) is 0 Å². The zero-order chi connectivity index (χ0) is 18.6. The van der Waals surface area contributed by atoms with E-state index in [0.717, 1.165) is 60.2 Å². The molecule has 5 nitrogen and oxygen atoms in total. The molecule has 27 heavy (non-hydrogen) atoms. The van der Waals surface area contributed by atoms with Crippen LogP contribution in [0.4, 0.5) is 0 Å². The number of carbonyl (C=O) groups is 1. The molecule has 0 spiro atoms. The molecule has 4 heterocycles. The summed E-state index contributed by atoms with van der Waals surface area (Å²) in [6, 6.07) is 7.82. The number of rotatable bonds is 6. The van der Waals surface area contributed by atoms with Gasteiger partial charge in [0.1, 0.15) is 5.76 Å². The number of aromatic nitrogens is 1. The number of oxazole rings is 1. The fourth-order valence-electron chi connectivity index (χ4n) is 3.49. The van der Waals surface area contributed by atoms with Crippen LogP contribution in [0.15, 0.2) is 39.4 Å². The normalized spacial score (nSPS) is 17.9. The fraction of sp³-hybridized carbons (Fsp3) is 0.400. The van der Waals surface area contributed by atoms with Gasteiger partial charge < -0.3 is 9.73 Å². The van der Waals surface area contributed by atoms with E-state index in [-0.39, 0.29) is 5.91 Å². The lowest BCUT2D eigenvalue weighted by Crippen LogP contribution is -2.40. The molecule has 1 aliphatic heterocycles. The molecular weight excluding hydrogens is 378 g/mol. The number of piperidine rings is 1. The molecule has 0 aromatic carbocycles. The summed E-state index contributed by atoms with van der Waals surface area (Å²) in [5.74, 6) is 2.13. The summed E-state index contributed by atoms with van der Waals surface area (Å²) >= 11 is 3.13. The molecule has 1 N–H and O–H groups in total. The summed E-state index contributed by atoms with van der Waals surface area (Å²) in [5, 5.41) is 7.05. The molecule has 1 fully saturated rings. The van der Waals surface area contributed by atoms with Gasteiger partial charge in [-0.15, -0.1) is 22.7 Å². The first-order valence-corrected chi connectivity index (χ1v) is 11.0. The van der Waals surface area contributed by atoms with Crippen LogP contribution in [0.1, 0.15) is 34.0 Å². The van der Waals surface area contributed by atoms with Gasteiger partial charge in [0.05, 0.1) is 15.4 Å². The number of amides is 1. The van der Waals surface area contributed by atoms with Gasteiger partial charge >= 0.3 is 0 Å². The van der Waals surface area contributed by atoms with Crippen molar-refractivity contribution < 1.29 is 9.21 Å². The van der Waals surface area contributed by atoms with Gasteiger partial charge in [0.15, 0.2) is 0 Å². The van der Waals surface area contributed by atoms with Gasteiger partial charge in [-0.1, -0.05) is 12.1 Å². The van der Waals surface area contributed by atoms with Gasteiger partial charge in [0, 0.05) is 19.6 Å². The third-order valence-corrected chi connectivity index (χ3v) is 6.62. The summed E-state index contributed by atoms with van der Waals surface area (Å²) in [5.41, 5.74) is 1.02. The number of aryl methyl sites for hydroxylation is 1. The van der Waals surface area contributed by atoms with E-state index in [0.29, 0.717) is 11.8 Å². The molecule has 0 bridgehead atoms. The minimum absolute atomic E-state index is 0.0371. The van der Waals surface area contributed by atoms with E-state index in [2.05, 4.69) is 10.2 Å². The van der Waals surface area contributed by atoms with Crippen molar-refractivity contribution in [2.75, 3.05) is 19.6 Å². The van der Waals surface area contributed by atoms with E-state index in [1.165, 1.54) is 11.3 Å². The van der Waals surface area contributed by atoms with Crippen molar-refractivity contribution in [1.82, 2.24) is 15.2 Å². The Balaban J connectivity index is 1.33. The average molecular weight is 402 g/mol. The predicted molar refractivity (Wildman–Crippen MR) is 109 cm³/mol. The highest BCUT2D eigenvalue weighted by atomic mass is 32.1. The molecule has 3 aromatic heterocycles. The highest BCUT2D eigenvalue weighted by Crippen LogP contribution is 2.27. The van der Waals surface area contributed by atoms with Crippen LogP contribution < -0.4 is 5.32 Å². The van der Waals surface area contributed by atoms with Crippen LogP contribution in [0, 0.1) is 12.8 Å². The molecule has 1 amide bonds. The van der Waals surface area contributed by atoms with Crippen molar-refractivity contribution in [3.63, 3.8) is 0 Å². The van der Waals surface area contributed by atoms with E-state index >= 15 is 0 Å². The predicted octanol–water partition coefficient (Wildman–Crippen LogP) is 4.42. The molecule has 1 unspecified atom stereocenters. The number of hydrogen-bond acceptors (Lipinski definition) is 6. The average Bonchev–Trinajstić information content (AvgIpc) is 3.43. The zero-order valence-corrected chi connectivity index (χ0v) is 16.9. The van der Waals surface area contributed by atoms with Gasteiger partial charge in [-0.3, -0.25) is 9.69 Å². The van der Waals surface area contributed by atoms with Gasteiger partial charge in [-0.05, 0) is 55.1 Å². The molecule has 1 atom stereocenters. The first kappa shape index (κ1) is 18.4. The van der Waals surface area contributed by atoms with Gasteiger partial charge in [0.25, 0.3) is 5.91 Å². The number of nitrogens with one attached hydrogen (secondary N) is 1. The van der Waals surface area contributed by atoms with Gasteiger partial charge in [0.2, 0.25) is 5.89 Å². The second-order valence-corrected chi connectivity index (χ2v) is 8.83. The molecule has 1 saturated heterocycles. The third kappa shape index (κ3) is 4.48. The Morgan fingerprint density at radius 3 is 2.96 bits per heavy atom. The summed E-state index contributed by atoms with van der Waals surface area (Å²) in [6.07, 6.45) is 2.30. The second kappa shape index (κ2) is 8.37. The lowest BCUT2D eigenvalue weighted by molar-refractivity contribution is 0.0934. The Morgan fingerprint density at radius 2 is 2.19 bits per heavy atom. The largest absolute Gasteiger partial charge is 0.440 e. The molecule has 7 heteroatoms. The Kier molecular flexibility index (Phi) is 5.71. The fourth-order valence-corrected chi connectivity index (χ4v) is 4.77. The smallest absolute Gasteiger partial charge is 0.261 e. The molecule has 0 aliphatic carbocycles. The monoisotopic (exact) mass is 401 g/mol. The highest BCUT2D eigenvalue weighted by molar-refractivity contribution is 7.13. The number of likely N-dealkylation sites (tertiary alicyclic amines) is 1. The molecule has 3 aromatic rings. The van der Waals surface area contributed by atoms with Crippen molar-refractivity contribution in [2.24, 2.45) is 5.92 Å². The molecule has 0 saturated carbocycles. The lowest BCUT2D eigenvalue weighted by atomic mass is 9.97. The second-order valence-electron chi connectivity index (χ2n) is 6.93. The van der Waals surface area contributed by atoms with Crippen LogP contribution in [0.5, 0.6) is 0 Å². The van der Waals surface area contributed by atoms with Gasteiger partial charge in [-0.25, -0.2) is 4.98 Å². The number of thiophene rings is 2. The molecular formula is C20H23N3O2S2. The van der Waals surface area contributed by atoms with E-state index in [1.807, 2.05) is 41.9 Å². The standard InChI is InChI=1S/C20H23N3O2S2/c1-14-16(22-20(25-14)18-7-4-10-27-18)13-23-8-2-5-15(12-23)11-21-19(24)17-6-3-9-26-17/h3-4,6-7,9-10,15H,2,5,8,11-13H2,1H3,(H,21,24). The maximum Gasteiger partial charge on any atom is 0.261 e. The number of hydrogen-bond donors (Lipinski definition) is 1. The highest BCUT2D eigenvalue weighted by Gasteiger charge is 2.23. The molecule has 1 aliphatic rings. The van der Waals surface area contributed by atoms with Crippen molar-refractivity contribution >= 4 is 28.6 Å². The quantitative estimate of drug-likeness (QED) is 0.664. The Labute approximate surface area is 167 Å². The summed E-state index contributed by atoms with van der Waals surface area (Å²) in [7, 11) is 0. The summed E-state index contributed by atoms with van der Waals surface area (Å²) < 4.78 is 5.86. The molecule has 0 radical (unpaired) electrons. The molecule has 142 valence electrons. The van der Waals surface area contributed by atoms with E-state index in [4.69, 9.17) is 9.40 Å². The minimum Gasteiger partial charge on any atom is -0.440 e. The van der Waals surface area contributed by atoms with Crippen LogP contribution in [-0.4, -0.2) is 35.4 Å². The van der Waals surface area contributed by atoms with E-state index in [1.54, 1.807) is 11.3 Å². The van der Waals surface area contributed by atoms with Gasteiger partial charge in [-0.2, -0.15) is 0 Å². The van der Waals surface area contributed by atoms with E-state index in [9.17, 15) is 4.79 Å². The summed E-state index contributed by atoms with van der Waals surface area (Å²) in [4.78, 5) is 21.1. The topological polar surface area (TPSA) is 58.4 Å². The van der Waals surface area contributed by atoms with Crippen LogP contribution >= 0.6 is 22.7 Å². The summed E-state index contributed by atoms with van der Waals surface area (Å²) in [6.45, 7) is 5.56. The zero-order valence-electron chi connectivity index (χ0n) is 15.3. The molecule has 4 rings (SSSR count). The number of nitrogens with zero attached hydrogens (tertiary/aromatic N) is 2. The maximum atomic E-state index is 12.1. The lowest BCUT2D eigenvalue weighted by Gasteiger charge is -2.32. The van der Waals surface area contributed by atoms with Crippen molar-refractivity contribution in [3.8, 4) is 10.8 Å². The minimum atomic E-state index is 0.0371. The Morgan fingerprint density at radius 1 is 1.33 bits per heavy atom. The van der Waals surface area contributed by atoms with Crippen molar-refractivity contribution in [2.45, 2.75) is 26.3 Å². The first-order chi connectivity index (χ1) is 13.2. The van der Waals surface area contributed by atoms with Crippen LogP contribution in [0.2, 0.25) is 0 Å². The Bertz CT molecular complexity index is 871. The SMILES string of the molecule is Cc1oc(-c2cccs2)nc1CN1CCCC(CNC(=O)c2cccs2)C1. The van der Waals surface area contributed by atoms with E-state index < -0.39 is 0 Å². The van der Waals surface area contributed by atoms with Crippen LogP contribution in [0.25, 0.3) is 10.8 Å². The first-order valence-electron chi connectivity index (χ1n) is 9.23. The Hall–Kier alpha value is -1.96. The maximum absolute atomic E-state index is 12.1. The van der Waals surface area contributed by atoms with Crippen LogP contribution in [0.3, 0.4) is 0 Å². The van der Waals surface area contributed by atoms with Crippen molar-refractivity contribution in [3.05, 3.63) is 51.4 Å². The number of carbonyl (C=O) groups excluding carboxylic acids is 1. The van der Waals surface area contributed by atoms with Crippen LogP contribution in [-0.2, 0) is 6.54 Å².